The van der Waals surface area contributed by atoms with Gasteiger partial charge in [0.05, 0.1) is 25.5 Å². The number of aromatic nitrogens is 2. The number of phenolic OH excluding ortho intramolecular Hbond substituents is 1. The molecular weight excluding hydrogens is 718 g/mol. The lowest BCUT2D eigenvalue weighted by Crippen LogP contribution is -2.24. The van der Waals surface area contributed by atoms with E-state index in [-0.39, 0.29) is 12.4 Å². The molecule has 0 radical (unpaired) electrons. The predicted octanol–water partition coefficient (Wildman–Crippen LogP) is 8.63. The number of halogens is 2. The van der Waals surface area contributed by atoms with E-state index in [0.29, 0.717) is 24.8 Å². The van der Waals surface area contributed by atoms with Crippen LogP contribution in [0, 0.1) is 6.92 Å². The predicted molar refractivity (Wildman–Crippen MR) is 214 cm³/mol. The van der Waals surface area contributed by atoms with Gasteiger partial charge in [0.25, 0.3) is 0 Å². The van der Waals surface area contributed by atoms with Crippen LogP contribution in [0.15, 0.2) is 141 Å². The molecule has 6 N–H and O–H groups in total. The normalized spacial score (nSPS) is 9.26. The zero-order valence-electron chi connectivity index (χ0n) is 28.9. The van der Waals surface area contributed by atoms with Crippen molar-refractivity contribution in [3.05, 3.63) is 146 Å². The largest absolute Gasteiger partial charge is 0.508 e. The van der Waals surface area contributed by atoms with Crippen LogP contribution in [0.1, 0.15) is 25.0 Å². The van der Waals surface area contributed by atoms with E-state index in [0.717, 1.165) is 67.2 Å². The first kappa shape index (κ1) is 45.5. The molecule has 9 nitrogen and oxygen atoms in total. The van der Waals surface area contributed by atoms with Gasteiger partial charge in [0.15, 0.2) is 0 Å². The van der Waals surface area contributed by atoms with Gasteiger partial charge in [0, 0.05) is 30.9 Å². The van der Waals surface area contributed by atoms with Crippen LogP contribution in [0.25, 0.3) is 0 Å². The summed E-state index contributed by atoms with van der Waals surface area (Å²) in [6, 6.07) is 40.0. The van der Waals surface area contributed by atoms with E-state index in [1.54, 1.807) is 24.3 Å². The standard InChI is InChI=1S/C13H17N3O.C9H11BrO.C9H14N2O.C6H6O.C2H4.ClH/c1-11-10-13(14)16(15-11)8-5-9-17-12-6-3-2-4-7-12;10-7-4-8-11-9-5-2-1-3-6-9;10-11-7-4-8-12-9-5-2-1-3-6-9;7-6-4-2-1-3-5-6;1-2;/h2-4,6-7,10H,5,8-9,14H2,1H3;1-3,5-6H,4,7-8H2;1-3,5-6,11H,4,7-8,10H2;1-5,7H;1-2H2;1H. The van der Waals surface area contributed by atoms with Crippen molar-refractivity contribution in [3.63, 3.8) is 0 Å². The molecule has 5 rings (SSSR count). The molecule has 0 amide bonds. The lowest BCUT2D eigenvalue weighted by atomic mass is 10.3. The monoisotopic (exact) mass is 769 g/mol. The van der Waals surface area contributed by atoms with Crippen LogP contribution in [0.3, 0.4) is 0 Å². The number of alkyl halides is 1. The number of nitrogen functional groups attached to an aromatic ring is 1. The Morgan fingerprint density at radius 3 is 1.44 bits per heavy atom. The minimum atomic E-state index is 0. The highest BCUT2D eigenvalue weighted by Crippen LogP contribution is 2.11. The van der Waals surface area contributed by atoms with Crippen molar-refractivity contribution >= 4 is 34.2 Å². The molecule has 0 fully saturated rings. The Balaban J connectivity index is 0.000000650. The summed E-state index contributed by atoms with van der Waals surface area (Å²) < 4.78 is 18.2. The van der Waals surface area contributed by atoms with Crippen molar-refractivity contribution < 1.29 is 19.3 Å². The molecule has 4 aromatic carbocycles. The van der Waals surface area contributed by atoms with Crippen LogP contribution in [0.4, 0.5) is 5.82 Å². The number of ether oxygens (including phenoxy) is 3. The first-order valence-corrected chi connectivity index (χ1v) is 17.2. The Morgan fingerprint density at radius 2 is 1.10 bits per heavy atom. The van der Waals surface area contributed by atoms with Gasteiger partial charge in [-0.05, 0) is 68.3 Å². The second-order valence-electron chi connectivity index (χ2n) is 9.96. The molecule has 0 aliphatic carbocycles. The van der Waals surface area contributed by atoms with Gasteiger partial charge < -0.3 is 25.1 Å². The van der Waals surface area contributed by atoms with Crippen molar-refractivity contribution in [2.24, 2.45) is 5.84 Å². The molecule has 0 saturated carbocycles. The van der Waals surface area contributed by atoms with Gasteiger partial charge in [-0.15, -0.1) is 25.6 Å². The van der Waals surface area contributed by atoms with Crippen LogP contribution in [0.5, 0.6) is 23.0 Å². The number of nitrogens with zero attached hydrogens (tertiary/aromatic N) is 2. The van der Waals surface area contributed by atoms with Crippen molar-refractivity contribution in [1.29, 1.82) is 0 Å². The Labute approximate surface area is 312 Å². The number of rotatable bonds is 14. The van der Waals surface area contributed by atoms with Crippen molar-refractivity contribution in [1.82, 2.24) is 15.2 Å². The van der Waals surface area contributed by atoms with E-state index >= 15 is 0 Å². The smallest absolute Gasteiger partial charge is 0.121 e. The average molecular weight is 771 g/mol. The molecule has 0 saturated heterocycles. The van der Waals surface area contributed by atoms with Crippen LogP contribution in [-0.4, -0.2) is 46.6 Å². The third-order valence-corrected chi connectivity index (χ3v) is 6.54. The highest BCUT2D eigenvalue weighted by molar-refractivity contribution is 9.09. The number of phenols is 1. The number of aromatic hydroxyl groups is 1. The van der Waals surface area contributed by atoms with Crippen LogP contribution in [0.2, 0.25) is 0 Å². The molecule has 0 atom stereocenters. The van der Waals surface area contributed by atoms with Crippen molar-refractivity contribution in [2.75, 3.05) is 37.4 Å². The van der Waals surface area contributed by atoms with Crippen LogP contribution in [-0.2, 0) is 6.54 Å². The van der Waals surface area contributed by atoms with E-state index in [2.05, 4.69) is 39.6 Å². The summed E-state index contributed by atoms with van der Waals surface area (Å²) >= 11 is 3.34. The quantitative estimate of drug-likeness (QED) is 0.0291. The number of hydrogen-bond donors (Lipinski definition) is 4. The SMILES string of the molecule is BrCCCOc1ccccc1.C=C.Cc1cc(N)n(CCCOc2ccccc2)n1.Cl.NNCCCOc1ccccc1.Oc1ccccc1. The molecule has 0 unspecified atom stereocenters. The highest BCUT2D eigenvalue weighted by atomic mass is 79.9. The van der Waals surface area contributed by atoms with Gasteiger partial charge in [0.1, 0.15) is 28.8 Å². The maximum absolute atomic E-state index is 8.63. The molecule has 11 heteroatoms. The van der Waals surface area contributed by atoms with E-state index in [1.165, 1.54) is 0 Å². The third-order valence-electron chi connectivity index (χ3n) is 5.98. The zero-order chi connectivity index (χ0) is 35.8. The molecule has 272 valence electrons. The third kappa shape index (κ3) is 23.8. The topological polar surface area (TPSA) is 130 Å². The molecule has 0 aliphatic heterocycles. The highest BCUT2D eigenvalue weighted by Gasteiger charge is 2.01. The van der Waals surface area contributed by atoms with E-state index < -0.39 is 0 Å². The molecular formula is C39H53BrClN5O4. The van der Waals surface area contributed by atoms with Gasteiger partial charge in [-0.1, -0.05) is 88.7 Å². The molecule has 0 bridgehead atoms. The average Bonchev–Trinajstić information content (AvgIpc) is 3.48. The number of anilines is 1. The Kier molecular flexibility index (Phi) is 28.9. The molecule has 1 heterocycles. The Morgan fingerprint density at radius 1 is 0.700 bits per heavy atom. The van der Waals surface area contributed by atoms with Crippen LogP contribution >= 0.6 is 28.3 Å². The number of aryl methyl sites for hydroxylation is 2. The lowest BCUT2D eigenvalue weighted by Gasteiger charge is -2.06. The molecule has 50 heavy (non-hydrogen) atoms. The summed E-state index contributed by atoms with van der Waals surface area (Å²) in [5.41, 5.74) is 9.32. The fraction of sp³-hybridized carbons (Fsp3) is 0.256. The summed E-state index contributed by atoms with van der Waals surface area (Å²) in [5, 5.41) is 13.9. The first-order valence-electron chi connectivity index (χ1n) is 16.1. The Hall–Kier alpha value is -4.48. The van der Waals surface area contributed by atoms with E-state index in [4.69, 9.17) is 30.9 Å². The molecule has 5 aromatic rings. The second kappa shape index (κ2) is 31.8. The van der Waals surface area contributed by atoms with E-state index in [9.17, 15) is 0 Å². The second-order valence-corrected chi connectivity index (χ2v) is 10.8. The summed E-state index contributed by atoms with van der Waals surface area (Å²) in [6.07, 6.45) is 2.86. The number of benzene rings is 4. The Bertz CT molecular complexity index is 1440. The zero-order valence-corrected chi connectivity index (χ0v) is 31.3. The van der Waals surface area contributed by atoms with Gasteiger partial charge >= 0.3 is 0 Å². The lowest BCUT2D eigenvalue weighted by molar-refractivity contribution is 0.299. The number of nitrogens with one attached hydrogen (secondary N) is 1. The molecule has 0 spiro atoms. The summed E-state index contributed by atoms with van der Waals surface area (Å²) in [4.78, 5) is 0. The minimum absolute atomic E-state index is 0. The molecule has 1 aromatic heterocycles. The van der Waals surface area contributed by atoms with Crippen LogP contribution < -0.4 is 31.2 Å². The number of hydrazine groups is 1. The van der Waals surface area contributed by atoms with Gasteiger partial charge in [0.2, 0.25) is 0 Å². The fourth-order valence-electron chi connectivity index (χ4n) is 3.74. The number of nitrogens with two attached hydrogens (primary N) is 2. The van der Waals surface area contributed by atoms with Crippen molar-refractivity contribution in [3.8, 4) is 23.0 Å². The molecule has 0 aliphatic rings. The van der Waals surface area contributed by atoms with Gasteiger partial charge in [-0.2, -0.15) is 5.10 Å². The minimum Gasteiger partial charge on any atom is -0.508 e. The number of hydrogen-bond acceptors (Lipinski definition) is 8. The van der Waals surface area contributed by atoms with Crippen molar-refractivity contribution in [2.45, 2.75) is 32.7 Å². The first-order chi connectivity index (χ1) is 24.0. The van der Waals surface area contributed by atoms with E-state index in [1.807, 2.05) is 115 Å². The van der Waals surface area contributed by atoms with Gasteiger partial charge in [-0.3, -0.25) is 11.3 Å². The summed E-state index contributed by atoms with van der Waals surface area (Å²) in [5.74, 6) is 8.90. The summed E-state index contributed by atoms with van der Waals surface area (Å²) in [7, 11) is 0. The summed E-state index contributed by atoms with van der Waals surface area (Å²) in [6.45, 7) is 11.7. The fourth-order valence-corrected chi connectivity index (χ4v) is 3.96. The maximum atomic E-state index is 8.63. The maximum Gasteiger partial charge on any atom is 0.121 e. The van der Waals surface area contributed by atoms with Gasteiger partial charge in [-0.25, -0.2) is 4.68 Å². The number of para-hydroxylation sites is 4.